The van der Waals surface area contributed by atoms with Gasteiger partial charge in [-0.25, -0.2) is 0 Å². The van der Waals surface area contributed by atoms with Gasteiger partial charge in [0.15, 0.2) is 5.78 Å². The second-order valence-electron chi connectivity index (χ2n) is 5.60. The van der Waals surface area contributed by atoms with Crippen LogP contribution in [0.3, 0.4) is 0 Å². The second kappa shape index (κ2) is 4.97. The highest BCUT2D eigenvalue weighted by atomic mass is 16.5. The number of hydrogen-bond donors (Lipinski definition) is 1. The summed E-state index contributed by atoms with van der Waals surface area (Å²) in [5.41, 5.74) is -0.365. The number of carbonyl (C=O) groups excluding carboxylic acids is 2. The standard InChI is InChI=1S/C13H22N2O3/c1-9(16)10-8-18-11-7-13(2,5-4-6-14-3)12(17)15(10)11/h10-11,14H,4-8H2,1-3H3. The Morgan fingerprint density at radius 2 is 2.33 bits per heavy atom. The highest BCUT2D eigenvalue weighted by Crippen LogP contribution is 2.43. The molecule has 5 heteroatoms. The van der Waals surface area contributed by atoms with Crippen LogP contribution in [0.25, 0.3) is 0 Å². The van der Waals surface area contributed by atoms with Gasteiger partial charge in [-0.15, -0.1) is 0 Å². The molecule has 102 valence electrons. The summed E-state index contributed by atoms with van der Waals surface area (Å²) in [7, 11) is 1.91. The smallest absolute Gasteiger partial charge is 0.231 e. The minimum absolute atomic E-state index is 0.0188. The fourth-order valence-electron chi connectivity index (χ4n) is 2.96. The normalized spacial score (nSPS) is 35.1. The summed E-state index contributed by atoms with van der Waals surface area (Å²) in [6.07, 6.45) is 2.32. The van der Waals surface area contributed by atoms with Crippen molar-refractivity contribution in [2.45, 2.75) is 45.4 Å². The Hall–Kier alpha value is -0.940. The molecule has 0 aromatic rings. The van der Waals surface area contributed by atoms with Gasteiger partial charge in [0, 0.05) is 6.42 Å². The van der Waals surface area contributed by atoms with Crippen molar-refractivity contribution in [2.75, 3.05) is 20.2 Å². The molecule has 3 atom stereocenters. The Bertz CT molecular complexity index is 358. The fourth-order valence-corrected chi connectivity index (χ4v) is 2.96. The maximum Gasteiger partial charge on any atom is 0.231 e. The van der Waals surface area contributed by atoms with Crippen LogP contribution in [-0.2, 0) is 14.3 Å². The summed E-state index contributed by atoms with van der Waals surface area (Å²) in [5, 5.41) is 3.09. The molecule has 0 bridgehead atoms. The SMILES string of the molecule is CNCCCC1(C)CC2OCC(C(C)=O)N2C1=O. The fraction of sp³-hybridized carbons (Fsp3) is 0.846. The number of ether oxygens (including phenoxy) is 1. The topological polar surface area (TPSA) is 58.6 Å². The summed E-state index contributed by atoms with van der Waals surface area (Å²) in [4.78, 5) is 25.7. The van der Waals surface area contributed by atoms with Gasteiger partial charge < -0.3 is 15.0 Å². The van der Waals surface area contributed by atoms with E-state index < -0.39 is 0 Å². The Labute approximate surface area is 108 Å². The highest BCUT2D eigenvalue weighted by Gasteiger charge is 2.54. The molecule has 1 N–H and O–H groups in total. The van der Waals surface area contributed by atoms with Crippen molar-refractivity contribution in [3.63, 3.8) is 0 Å². The van der Waals surface area contributed by atoms with E-state index in [0.29, 0.717) is 13.0 Å². The molecule has 2 fully saturated rings. The number of nitrogens with zero attached hydrogens (tertiary/aromatic N) is 1. The predicted octanol–water partition coefficient (Wildman–Crippen LogP) is 0.539. The molecule has 0 aromatic carbocycles. The molecule has 2 aliphatic heterocycles. The molecule has 0 aromatic heterocycles. The van der Waals surface area contributed by atoms with Crippen LogP contribution in [0, 0.1) is 5.41 Å². The maximum atomic E-state index is 12.5. The van der Waals surface area contributed by atoms with Gasteiger partial charge in [0.05, 0.1) is 12.0 Å². The van der Waals surface area contributed by atoms with Gasteiger partial charge in [-0.1, -0.05) is 6.92 Å². The molecule has 0 spiro atoms. The van der Waals surface area contributed by atoms with Crippen LogP contribution in [-0.4, -0.2) is 49.1 Å². The molecule has 5 nitrogen and oxygen atoms in total. The monoisotopic (exact) mass is 254 g/mol. The molecule has 0 aliphatic carbocycles. The van der Waals surface area contributed by atoms with Crippen LogP contribution in [0.1, 0.15) is 33.1 Å². The van der Waals surface area contributed by atoms with Crippen molar-refractivity contribution in [3.8, 4) is 0 Å². The summed E-state index contributed by atoms with van der Waals surface area (Å²) < 4.78 is 5.59. The number of fused-ring (bicyclic) bond motifs is 1. The lowest BCUT2D eigenvalue weighted by Gasteiger charge is -2.25. The Morgan fingerprint density at radius 1 is 1.61 bits per heavy atom. The van der Waals surface area contributed by atoms with Crippen LogP contribution >= 0.6 is 0 Å². The zero-order chi connectivity index (χ0) is 13.3. The van der Waals surface area contributed by atoms with E-state index in [1.807, 2.05) is 14.0 Å². The van der Waals surface area contributed by atoms with Gasteiger partial charge in [-0.2, -0.15) is 0 Å². The van der Waals surface area contributed by atoms with E-state index in [1.54, 1.807) is 4.90 Å². The zero-order valence-corrected chi connectivity index (χ0v) is 11.4. The van der Waals surface area contributed by atoms with Gasteiger partial charge in [-0.3, -0.25) is 9.59 Å². The van der Waals surface area contributed by atoms with E-state index in [-0.39, 0.29) is 29.4 Å². The third-order valence-electron chi connectivity index (χ3n) is 4.09. The lowest BCUT2D eigenvalue weighted by Crippen LogP contribution is -2.43. The average molecular weight is 254 g/mol. The van der Waals surface area contributed by atoms with E-state index in [2.05, 4.69) is 5.32 Å². The van der Waals surface area contributed by atoms with E-state index in [0.717, 1.165) is 19.4 Å². The molecule has 0 radical (unpaired) electrons. The minimum atomic E-state index is -0.367. The molecular formula is C13H22N2O3. The Morgan fingerprint density at radius 3 is 2.94 bits per heavy atom. The summed E-state index contributed by atoms with van der Waals surface area (Å²) in [5.74, 6) is 0.103. The minimum Gasteiger partial charge on any atom is -0.356 e. The van der Waals surface area contributed by atoms with E-state index >= 15 is 0 Å². The van der Waals surface area contributed by atoms with Crippen LogP contribution in [0.4, 0.5) is 0 Å². The third-order valence-corrected chi connectivity index (χ3v) is 4.09. The van der Waals surface area contributed by atoms with Gasteiger partial charge in [-0.05, 0) is 33.4 Å². The van der Waals surface area contributed by atoms with Gasteiger partial charge in [0.2, 0.25) is 5.91 Å². The Kier molecular flexibility index (Phi) is 3.73. The average Bonchev–Trinajstić information content (AvgIpc) is 2.80. The van der Waals surface area contributed by atoms with E-state index in [9.17, 15) is 9.59 Å². The molecule has 2 saturated heterocycles. The number of nitrogens with one attached hydrogen (secondary N) is 1. The van der Waals surface area contributed by atoms with Crippen LogP contribution in [0.2, 0.25) is 0 Å². The molecule has 0 saturated carbocycles. The van der Waals surface area contributed by atoms with E-state index in [4.69, 9.17) is 4.74 Å². The first kappa shape index (κ1) is 13.5. The highest BCUT2D eigenvalue weighted by molar-refractivity contribution is 5.92. The number of amides is 1. The van der Waals surface area contributed by atoms with Crippen LogP contribution in [0.15, 0.2) is 0 Å². The van der Waals surface area contributed by atoms with Crippen molar-refractivity contribution in [3.05, 3.63) is 0 Å². The maximum absolute atomic E-state index is 12.5. The summed E-state index contributed by atoms with van der Waals surface area (Å²) in [6, 6.07) is -0.367. The first-order valence-electron chi connectivity index (χ1n) is 6.59. The molecule has 2 rings (SSSR count). The lowest BCUT2D eigenvalue weighted by molar-refractivity contribution is -0.141. The zero-order valence-electron chi connectivity index (χ0n) is 11.4. The third kappa shape index (κ3) is 2.17. The lowest BCUT2D eigenvalue weighted by atomic mass is 9.83. The number of hydrogen-bond acceptors (Lipinski definition) is 4. The van der Waals surface area contributed by atoms with Gasteiger partial charge >= 0.3 is 0 Å². The number of carbonyl (C=O) groups is 2. The van der Waals surface area contributed by atoms with Gasteiger partial charge in [0.1, 0.15) is 12.3 Å². The molecule has 18 heavy (non-hydrogen) atoms. The van der Waals surface area contributed by atoms with Crippen molar-refractivity contribution in [1.82, 2.24) is 10.2 Å². The van der Waals surface area contributed by atoms with Gasteiger partial charge in [0.25, 0.3) is 0 Å². The van der Waals surface area contributed by atoms with Crippen molar-refractivity contribution in [2.24, 2.45) is 5.41 Å². The van der Waals surface area contributed by atoms with Crippen LogP contribution in [0.5, 0.6) is 0 Å². The van der Waals surface area contributed by atoms with Crippen LogP contribution < -0.4 is 5.32 Å². The second-order valence-corrected chi connectivity index (χ2v) is 5.60. The molecule has 3 unspecified atom stereocenters. The molecular weight excluding hydrogens is 232 g/mol. The van der Waals surface area contributed by atoms with E-state index in [1.165, 1.54) is 6.92 Å². The first-order chi connectivity index (χ1) is 8.49. The van der Waals surface area contributed by atoms with Crippen molar-refractivity contribution in [1.29, 1.82) is 0 Å². The largest absolute Gasteiger partial charge is 0.356 e. The molecule has 2 aliphatic rings. The Balaban J connectivity index is 2.06. The van der Waals surface area contributed by atoms with Crippen molar-refractivity contribution >= 4 is 11.7 Å². The molecule has 2 heterocycles. The predicted molar refractivity (Wildman–Crippen MR) is 66.9 cm³/mol. The first-order valence-corrected chi connectivity index (χ1v) is 6.59. The molecule has 1 amide bonds. The summed E-state index contributed by atoms with van der Waals surface area (Å²) >= 11 is 0. The quantitative estimate of drug-likeness (QED) is 0.727. The summed E-state index contributed by atoms with van der Waals surface area (Å²) in [6.45, 7) is 4.78. The van der Waals surface area contributed by atoms with Crippen molar-refractivity contribution < 1.29 is 14.3 Å². The number of Topliss-reactive ketones (excluding diaryl/α,β-unsaturated/α-hetero) is 1. The number of ketones is 1. The number of rotatable bonds is 5.